The van der Waals surface area contributed by atoms with Crippen molar-refractivity contribution in [3.05, 3.63) is 29.8 Å². The van der Waals surface area contributed by atoms with Gasteiger partial charge in [0.2, 0.25) is 0 Å². The second-order valence-electron chi connectivity index (χ2n) is 5.22. The summed E-state index contributed by atoms with van der Waals surface area (Å²) in [5.41, 5.74) is 1.07. The number of aryl methyl sites for hydroxylation is 1. The van der Waals surface area contributed by atoms with Gasteiger partial charge < -0.3 is 15.2 Å². The lowest BCUT2D eigenvalue weighted by atomic mass is 10.1. The molecule has 0 spiro atoms. The van der Waals surface area contributed by atoms with Crippen molar-refractivity contribution < 1.29 is 19.4 Å². The molecule has 5 nitrogen and oxygen atoms in total. The summed E-state index contributed by atoms with van der Waals surface area (Å²) in [7, 11) is 0. The molecule has 2 N–H and O–H groups in total. The Morgan fingerprint density at radius 2 is 2.20 bits per heavy atom. The molecule has 0 bridgehead atoms. The summed E-state index contributed by atoms with van der Waals surface area (Å²) in [4.78, 5) is 22.6. The minimum absolute atomic E-state index is 0.0440. The molecule has 2 rings (SSSR count). The summed E-state index contributed by atoms with van der Waals surface area (Å²) in [6, 6.07) is 7.44. The largest absolute Gasteiger partial charge is 0.484 e. The minimum Gasteiger partial charge on any atom is -0.484 e. The highest BCUT2D eigenvalue weighted by molar-refractivity contribution is 5.78. The molecule has 2 unspecified atom stereocenters. The Morgan fingerprint density at radius 1 is 1.40 bits per heavy atom. The van der Waals surface area contributed by atoms with Crippen LogP contribution in [0.25, 0.3) is 0 Å². The van der Waals surface area contributed by atoms with E-state index in [4.69, 9.17) is 9.84 Å². The maximum atomic E-state index is 11.8. The van der Waals surface area contributed by atoms with E-state index < -0.39 is 5.97 Å². The van der Waals surface area contributed by atoms with Crippen molar-refractivity contribution in [2.45, 2.75) is 32.2 Å². The van der Waals surface area contributed by atoms with E-state index in [1.165, 1.54) is 0 Å². The number of amides is 1. The van der Waals surface area contributed by atoms with Crippen LogP contribution in [-0.2, 0) is 9.59 Å². The normalized spacial score (nSPS) is 21.4. The summed E-state index contributed by atoms with van der Waals surface area (Å²) < 4.78 is 5.40. The van der Waals surface area contributed by atoms with E-state index in [0.29, 0.717) is 25.0 Å². The van der Waals surface area contributed by atoms with Crippen molar-refractivity contribution in [1.82, 2.24) is 5.32 Å². The Kier molecular flexibility index (Phi) is 4.61. The fourth-order valence-corrected chi connectivity index (χ4v) is 2.46. The zero-order valence-electron chi connectivity index (χ0n) is 11.5. The molecule has 20 heavy (non-hydrogen) atoms. The molecule has 1 aromatic rings. The molecule has 5 heteroatoms. The molecule has 2 atom stereocenters. The van der Waals surface area contributed by atoms with E-state index in [1.54, 1.807) is 6.07 Å². The lowest BCUT2D eigenvalue weighted by Crippen LogP contribution is -2.36. The highest BCUT2D eigenvalue weighted by Gasteiger charge is 2.30. The number of carbonyl (C=O) groups excluding carboxylic acids is 1. The molecule has 1 aromatic carbocycles. The lowest BCUT2D eigenvalue weighted by molar-refractivity contribution is -0.141. The molecule has 1 amide bonds. The maximum Gasteiger partial charge on any atom is 0.306 e. The first-order valence-corrected chi connectivity index (χ1v) is 6.76. The van der Waals surface area contributed by atoms with Gasteiger partial charge in [-0.2, -0.15) is 0 Å². The van der Waals surface area contributed by atoms with Crippen LogP contribution in [0.2, 0.25) is 0 Å². The molecule has 1 fully saturated rings. The molecule has 1 aliphatic rings. The van der Waals surface area contributed by atoms with E-state index in [1.807, 2.05) is 25.1 Å². The molecule has 0 aliphatic heterocycles. The summed E-state index contributed by atoms with van der Waals surface area (Å²) >= 11 is 0. The van der Waals surface area contributed by atoms with Crippen molar-refractivity contribution in [2.75, 3.05) is 6.61 Å². The minimum atomic E-state index is -0.780. The van der Waals surface area contributed by atoms with Gasteiger partial charge in [-0.1, -0.05) is 12.1 Å². The number of carboxylic acids is 1. The van der Waals surface area contributed by atoms with Gasteiger partial charge in [0.15, 0.2) is 6.61 Å². The van der Waals surface area contributed by atoms with Crippen LogP contribution < -0.4 is 10.1 Å². The predicted molar refractivity (Wildman–Crippen MR) is 73.6 cm³/mol. The molecule has 0 heterocycles. The standard InChI is InChI=1S/C15H19NO4/c1-10-3-2-4-13(7-10)20-9-14(17)16-12-6-5-11(8-12)15(18)19/h2-4,7,11-12H,5-6,8-9H2,1H3,(H,16,17)(H,18,19). The van der Waals surface area contributed by atoms with Crippen LogP contribution in [-0.4, -0.2) is 29.6 Å². The van der Waals surface area contributed by atoms with Gasteiger partial charge in [0, 0.05) is 6.04 Å². The monoisotopic (exact) mass is 277 g/mol. The number of nitrogens with one attached hydrogen (secondary N) is 1. The number of benzene rings is 1. The number of hydrogen-bond donors (Lipinski definition) is 2. The molecular weight excluding hydrogens is 258 g/mol. The second-order valence-corrected chi connectivity index (χ2v) is 5.22. The number of ether oxygens (including phenoxy) is 1. The van der Waals surface area contributed by atoms with E-state index >= 15 is 0 Å². The van der Waals surface area contributed by atoms with E-state index in [-0.39, 0.29) is 24.5 Å². The molecule has 0 saturated heterocycles. The van der Waals surface area contributed by atoms with Crippen molar-refractivity contribution in [3.8, 4) is 5.75 Å². The van der Waals surface area contributed by atoms with Gasteiger partial charge in [0.25, 0.3) is 5.91 Å². The molecule has 108 valence electrons. The smallest absolute Gasteiger partial charge is 0.306 e. The first kappa shape index (κ1) is 14.4. The maximum absolute atomic E-state index is 11.8. The van der Waals surface area contributed by atoms with Gasteiger partial charge in [0.05, 0.1) is 5.92 Å². The topological polar surface area (TPSA) is 75.6 Å². The van der Waals surface area contributed by atoms with Crippen molar-refractivity contribution in [3.63, 3.8) is 0 Å². The van der Waals surface area contributed by atoms with Crippen LogP contribution in [0.4, 0.5) is 0 Å². The third kappa shape index (κ3) is 3.98. The SMILES string of the molecule is Cc1cccc(OCC(=O)NC2CCC(C(=O)O)C2)c1. The Hall–Kier alpha value is -2.04. The van der Waals surface area contributed by atoms with Crippen LogP contribution in [0.1, 0.15) is 24.8 Å². The molecule has 1 saturated carbocycles. The highest BCUT2D eigenvalue weighted by Crippen LogP contribution is 2.25. The van der Waals surface area contributed by atoms with E-state index in [9.17, 15) is 9.59 Å². The van der Waals surface area contributed by atoms with Crippen LogP contribution >= 0.6 is 0 Å². The Bertz CT molecular complexity index is 500. The lowest BCUT2D eigenvalue weighted by Gasteiger charge is -2.13. The van der Waals surface area contributed by atoms with Crippen molar-refractivity contribution in [2.24, 2.45) is 5.92 Å². The molecular formula is C15H19NO4. The average molecular weight is 277 g/mol. The molecule has 1 aliphatic carbocycles. The number of aliphatic carboxylic acids is 1. The van der Waals surface area contributed by atoms with Gasteiger partial charge >= 0.3 is 5.97 Å². The van der Waals surface area contributed by atoms with E-state index in [2.05, 4.69) is 5.32 Å². The number of carbonyl (C=O) groups is 2. The highest BCUT2D eigenvalue weighted by atomic mass is 16.5. The van der Waals surface area contributed by atoms with Crippen molar-refractivity contribution >= 4 is 11.9 Å². The Morgan fingerprint density at radius 3 is 2.85 bits per heavy atom. The first-order chi connectivity index (χ1) is 9.54. The number of rotatable bonds is 5. The van der Waals surface area contributed by atoms with Gasteiger partial charge in [-0.05, 0) is 43.9 Å². The zero-order chi connectivity index (χ0) is 14.5. The Labute approximate surface area is 117 Å². The first-order valence-electron chi connectivity index (χ1n) is 6.76. The quantitative estimate of drug-likeness (QED) is 0.859. The predicted octanol–water partition coefficient (Wildman–Crippen LogP) is 1.74. The van der Waals surface area contributed by atoms with Gasteiger partial charge in [-0.15, -0.1) is 0 Å². The third-order valence-corrected chi connectivity index (χ3v) is 3.51. The van der Waals surface area contributed by atoms with Crippen molar-refractivity contribution in [1.29, 1.82) is 0 Å². The number of carboxylic acid groups (broad SMARTS) is 1. The van der Waals surface area contributed by atoms with Gasteiger partial charge in [-0.3, -0.25) is 9.59 Å². The van der Waals surface area contributed by atoms with Crippen LogP contribution in [0, 0.1) is 12.8 Å². The van der Waals surface area contributed by atoms with Crippen LogP contribution in [0.3, 0.4) is 0 Å². The Balaban J connectivity index is 1.75. The molecule has 0 radical (unpaired) electrons. The van der Waals surface area contributed by atoms with Gasteiger partial charge in [0.1, 0.15) is 5.75 Å². The van der Waals surface area contributed by atoms with Crippen LogP contribution in [0.15, 0.2) is 24.3 Å². The summed E-state index contributed by atoms with van der Waals surface area (Å²) in [5.74, 6) is -0.659. The fraction of sp³-hybridized carbons (Fsp3) is 0.467. The van der Waals surface area contributed by atoms with Crippen LogP contribution in [0.5, 0.6) is 5.75 Å². The summed E-state index contributed by atoms with van der Waals surface area (Å²) in [6.07, 6.45) is 1.84. The average Bonchev–Trinajstić information content (AvgIpc) is 2.85. The van der Waals surface area contributed by atoms with E-state index in [0.717, 1.165) is 5.56 Å². The fourth-order valence-electron chi connectivity index (χ4n) is 2.46. The zero-order valence-corrected chi connectivity index (χ0v) is 11.5. The number of hydrogen-bond acceptors (Lipinski definition) is 3. The summed E-state index contributed by atoms with van der Waals surface area (Å²) in [5, 5.41) is 11.7. The summed E-state index contributed by atoms with van der Waals surface area (Å²) in [6.45, 7) is 1.91. The molecule has 0 aromatic heterocycles. The van der Waals surface area contributed by atoms with Gasteiger partial charge in [-0.25, -0.2) is 0 Å². The second kappa shape index (κ2) is 6.41. The third-order valence-electron chi connectivity index (χ3n) is 3.51.